The van der Waals surface area contributed by atoms with Gasteiger partial charge in [-0.15, -0.1) is 0 Å². The second-order valence-electron chi connectivity index (χ2n) is 7.32. The molecule has 0 aliphatic heterocycles. The predicted molar refractivity (Wildman–Crippen MR) is 82.1 cm³/mol. The molecule has 1 nitrogen and oxygen atoms in total. The lowest BCUT2D eigenvalue weighted by Crippen LogP contribution is -2.36. The van der Waals surface area contributed by atoms with Gasteiger partial charge in [-0.3, -0.25) is 0 Å². The largest absolute Gasteiger partial charge is 0.313 e. The van der Waals surface area contributed by atoms with E-state index in [1.165, 1.54) is 31.4 Å². The van der Waals surface area contributed by atoms with Crippen molar-refractivity contribution in [3.05, 3.63) is 33.8 Å². The summed E-state index contributed by atoms with van der Waals surface area (Å²) in [5, 5.41) is 3.60. The molecular weight excluding hydrogens is 336 g/mol. The van der Waals surface area contributed by atoms with Gasteiger partial charge in [0, 0.05) is 18.2 Å². The summed E-state index contributed by atoms with van der Waals surface area (Å²) >= 11 is 3.18. The van der Waals surface area contributed by atoms with Crippen LogP contribution in [0.4, 0.5) is 8.78 Å². The van der Waals surface area contributed by atoms with Gasteiger partial charge in [0.05, 0.1) is 4.47 Å². The van der Waals surface area contributed by atoms with E-state index in [0.717, 1.165) is 31.2 Å². The number of benzene rings is 1. The highest BCUT2D eigenvalue weighted by molar-refractivity contribution is 9.10. The molecule has 4 rings (SSSR count). The van der Waals surface area contributed by atoms with E-state index in [1.807, 2.05) is 0 Å². The SMILES string of the molecule is Fc1ccc(Br)c(F)c1CC1(CNC2CC2)CC2CC2C1. The van der Waals surface area contributed by atoms with Crippen molar-refractivity contribution < 1.29 is 8.78 Å². The van der Waals surface area contributed by atoms with Crippen LogP contribution in [-0.4, -0.2) is 12.6 Å². The average Bonchev–Trinajstić information content (AvgIpc) is 3.38. The Labute approximate surface area is 132 Å². The zero-order valence-corrected chi connectivity index (χ0v) is 13.6. The number of fused-ring (bicyclic) bond motifs is 1. The third kappa shape index (κ3) is 2.77. The molecule has 21 heavy (non-hydrogen) atoms. The van der Waals surface area contributed by atoms with Gasteiger partial charge in [-0.2, -0.15) is 0 Å². The summed E-state index contributed by atoms with van der Waals surface area (Å²) in [5.41, 5.74) is 0.321. The fraction of sp³-hybridized carbons (Fsp3) is 0.647. The molecule has 1 N–H and O–H groups in total. The first kappa shape index (κ1) is 14.1. The number of hydrogen-bond acceptors (Lipinski definition) is 1. The van der Waals surface area contributed by atoms with Crippen molar-refractivity contribution in [3.8, 4) is 0 Å². The minimum absolute atomic E-state index is 0.0542. The van der Waals surface area contributed by atoms with E-state index < -0.39 is 11.6 Å². The number of rotatable bonds is 5. The van der Waals surface area contributed by atoms with Crippen LogP contribution in [0.1, 0.15) is 37.7 Å². The summed E-state index contributed by atoms with van der Waals surface area (Å²) < 4.78 is 28.8. The molecular formula is C17H20BrF2N. The maximum atomic E-state index is 14.3. The summed E-state index contributed by atoms with van der Waals surface area (Å²) in [6, 6.07) is 3.48. The fourth-order valence-electron chi connectivity index (χ4n) is 4.11. The van der Waals surface area contributed by atoms with E-state index >= 15 is 0 Å². The van der Waals surface area contributed by atoms with Gasteiger partial charge in [0.25, 0.3) is 0 Å². The first-order valence-electron chi connectivity index (χ1n) is 7.92. The topological polar surface area (TPSA) is 12.0 Å². The maximum absolute atomic E-state index is 14.3. The Balaban J connectivity index is 1.58. The van der Waals surface area contributed by atoms with Crippen LogP contribution in [0, 0.1) is 28.9 Å². The molecule has 3 fully saturated rings. The Bertz CT molecular complexity index is 560. The quantitative estimate of drug-likeness (QED) is 0.770. The van der Waals surface area contributed by atoms with Crippen LogP contribution in [0.15, 0.2) is 16.6 Å². The molecule has 2 unspecified atom stereocenters. The van der Waals surface area contributed by atoms with Crippen LogP contribution in [0.5, 0.6) is 0 Å². The summed E-state index contributed by atoms with van der Waals surface area (Å²) in [5.74, 6) is 0.803. The lowest BCUT2D eigenvalue weighted by atomic mass is 9.77. The molecule has 0 saturated heterocycles. The smallest absolute Gasteiger partial charge is 0.143 e. The average molecular weight is 356 g/mol. The van der Waals surface area contributed by atoms with E-state index in [0.29, 0.717) is 16.9 Å². The molecule has 114 valence electrons. The summed E-state index contributed by atoms with van der Waals surface area (Å²) in [4.78, 5) is 0. The molecule has 0 radical (unpaired) electrons. The van der Waals surface area contributed by atoms with E-state index in [-0.39, 0.29) is 11.0 Å². The first-order chi connectivity index (χ1) is 10.1. The molecule has 3 aliphatic carbocycles. The van der Waals surface area contributed by atoms with Gasteiger partial charge in [-0.1, -0.05) is 0 Å². The van der Waals surface area contributed by atoms with Gasteiger partial charge < -0.3 is 5.32 Å². The molecule has 0 amide bonds. The Morgan fingerprint density at radius 2 is 1.90 bits per heavy atom. The van der Waals surface area contributed by atoms with Crippen LogP contribution < -0.4 is 5.32 Å². The summed E-state index contributed by atoms with van der Waals surface area (Å²) in [6.07, 6.45) is 6.61. The minimum atomic E-state index is -0.415. The monoisotopic (exact) mass is 355 g/mol. The van der Waals surface area contributed by atoms with E-state index in [9.17, 15) is 8.78 Å². The molecule has 1 aromatic rings. The Morgan fingerprint density at radius 1 is 1.19 bits per heavy atom. The predicted octanol–water partition coefficient (Wildman–Crippen LogP) is 4.44. The lowest BCUT2D eigenvalue weighted by Gasteiger charge is -2.32. The summed E-state index contributed by atoms with van der Waals surface area (Å²) in [7, 11) is 0. The van der Waals surface area contributed by atoms with Crippen molar-refractivity contribution >= 4 is 15.9 Å². The highest BCUT2D eigenvalue weighted by Crippen LogP contribution is 2.61. The molecule has 3 saturated carbocycles. The van der Waals surface area contributed by atoms with Crippen LogP contribution in [0.2, 0.25) is 0 Å². The van der Waals surface area contributed by atoms with Gasteiger partial charge in [0.2, 0.25) is 0 Å². The van der Waals surface area contributed by atoms with Crippen LogP contribution in [0.3, 0.4) is 0 Å². The zero-order chi connectivity index (χ0) is 14.6. The van der Waals surface area contributed by atoms with Crippen LogP contribution >= 0.6 is 15.9 Å². The number of hydrogen-bond donors (Lipinski definition) is 1. The van der Waals surface area contributed by atoms with Crippen molar-refractivity contribution in [2.24, 2.45) is 17.3 Å². The first-order valence-corrected chi connectivity index (χ1v) is 8.71. The molecule has 3 aliphatic rings. The van der Waals surface area contributed by atoms with E-state index in [1.54, 1.807) is 0 Å². The molecule has 1 aromatic carbocycles. The van der Waals surface area contributed by atoms with Crippen molar-refractivity contribution in [2.75, 3.05) is 6.54 Å². The van der Waals surface area contributed by atoms with Crippen molar-refractivity contribution in [2.45, 2.75) is 44.6 Å². The number of nitrogens with one attached hydrogen (secondary N) is 1. The summed E-state index contributed by atoms with van der Waals surface area (Å²) in [6.45, 7) is 0.913. The van der Waals surface area contributed by atoms with Crippen molar-refractivity contribution in [1.82, 2.24) is 5.32 Å². The number of halogens is 3. The highest BCUT2D eigenvalue weighted by Gasteiger charge is 2.54. The molecule has 0 heterocycles. The Kier molecular flexibility index (Phi) is 3.38. The highest BCUT2D eigenvalue weighted by atomic mass is 79.9. The Morgan fingerprint density at radius 3 is 2.57 bits per heavy atom. The molecule has 4 heteroatoms. The normalized spacial score (nSPS) is 34.0. The van der Waals surface area contributed by atoms with Gasteiger partial charge in [-0.05, 0) is 83.8 Å². The fourth-order valence-corrected chi connectivity index (χ4v) is 4.48. The van der Waals surface area contributed by atoms with Crippen LogP contribution in [-0.2, 0) is 6.42 Å². The molecule has 0 spiro atoms. The second kappa shape index (κ2) is 5.02. The lowest BCUT2D eigenvalue weighted by molar-refractivity contribution is 0.241. The maximum Gasteiger partial charge on any atom is 0.143 e. The van der Waals surface area contributed by atoms with Crippen molar-refractivity contribution in [3.63, 3.8) is 0 Å². The standard InChI is InChI=1S/C17H20BrF2N/c18-14-3-4-15(19)13(16(14)20)8-17(9-21-12-1-2-12)6-10-5-11(10)7-17/h3-4,10-12,21H,1-2,5-9H2. The molecule has 0 aromatic heterocycles. The van der Waals surface area contributed by atoms with E-state index in [4.69, 9.17) is 0 Å². The van der Waals surface area contributed by atoms with Gasteiger partial charge in [0.1, 0.15) is 11.6 Å². The zero-order valence-electron chi connectivity index (χ0n) is 12.0. The molecule has 2 atom stereocenters. The van der Waals surface area contributed by atoms with Gasteiger partial charge in [0.15, 0.2) is 0 Å². The minimum Gasteiger partial charge on any atom is -0.313 e. The van der Waals surface area contributed by atoms with E-state index in [2.05, 4.69) is 21.2 Å². The van der Waals surface area contributed by atoms with Gasteiger partial charge >= 0.3 is 0 Å². The van der Waals surface area contributed by atoms with Crippen molar-refractivity contribution in [1.29, 1.82) is 0 Å². The second-order valence-corrected chi connectivity index (χ2v) is 8.17. The molecule has 0 bridgehead atoms. The third-order valence-corrected chi connectivity index (χ3v) is 6.11. The Hall–Kier alpha value is -0.480. The third-order valence-electron chi connectivity index (χ3n) is 5.49. The van der Waals surface area contributed by atoms with Crippen LogP contribution in [0.25, 0.3) is 0 Å². The van der Waals surface area contributed by atoms with Gasteiger partial charge in [-0.25, -0.2) is 8.78 Å².